The zero-order valence-corrected chi connectivity index (χ0v) is 7.70. The highest BCUT2D eigenvalue weighted by molar-refractivity contribution is 5.97. The molecule has 1 fully saturated rings. The molecule has 1 aliphatic rings. The van der Waals surface area contributed by atoms with Crippen LogP contribution in [-0.2, 0) is 19.1 Å². The van der Waals surface area contributed by atoms with Gasteiger partial charge in [-0.15, -0.1) is 0 Å². The van der Waals surface area contributed by atoms with Crippen molar-refractivity contribution in [2.75, 3.05) is 14.2 Å². The van der Waals surface area contributed by atoms with E-state index in [0.717, 1.165) is 0 Å². The fourth-order valence-electron chi connectivity index (χ4n) is 1.48. The van der Waals surface area contributed by atoms with E-state index in [2.05, 4.69) is 5.32 Å². The van der Waals surface area contributed by atoms with Gasteiger partial charge in [0.2, 0.25) is 11.8 Å². The van der Waals surface area contributed by atoms with Crippen molar-refractivity contribution in [1.29, 1.82) is 0 Å². The number of ether oxygens (including phenoxy) is 2. The third-order valence-corrected chi connectivity index (χ3v) is 2.02. The second-order valence-corrected chi connectivity index (χ2v) is 2.98. The molecule has 1 rings (SSSR count). The minimum Gasteiger partial charge on any atom is -0.356 e. The van der Waals surface area contributed by atoms with Crippen molar-refractivity contribution in [3.05, 3.63) is 0 Å². The monoisotopic (exact) mass is 187 g/mol. The number of rotatable bonds is 3. The molecule has 1 N–H and O–H groups in total. The minimum absolute atomic E-state index is 0.170. The molecule has 0 atom stereocenters. The number of carbonyl (C=O) groups is 2. The lowest BCUT2D eigenvalue weighted by molar-refractivity contribution is -0.159. The van der Waals surface area contributed by atoms with Crippen molar-refractivity contribution in [2.45, 2.75) is 19.1 Å². The first-order chi connectivity index (χ1) is 6.17. The lowest BCUT2D eigenvalue weighted by Crippen LogP contribution is -2.43. The summed E-state index contributed by atoms with van der Waals surface area (Å²) < 4.78 is 9.96. The molecule has 5 nitrogen and oxygen atoms in total. The van der Waals surface area contributed by atoms with E-state index in [0.29, 0.717) is 0 Å². The normalized spacial score (nSPS) is 19.3. The van der Waals surface area contributed by atoms with Crippen LogP contribution < -0.4 is 5.32 Å². The topological polar surface area (TPSA) is 64.6 Å². The SMILES string of the molecule is COC(OC)C1CC(=O)NC(=O)C1. The molecular formula is C8H13NO4. The van der Waals surface area contributed by atoms with Crippen molar-refractivity contribution in [3.63, 3.8) is 0 Å². The van der Waals surface area contributed by atoms with Gasteiger partial charge in [0.15, 0.2) is 6.29 Å². The van der Waals surface area contributed by atoms with Gasteiger partial charge in [-0.3, -0.25) is 14.9 Å². The maximum Gasteiger partial charge on any atom is 0.227 e. The van der Waals surface area contributed by atoms with E-state index in [1.165, 1.54) is 14.2 Å². The summed E-state index contributed by atoms with van der Waals surface area (Å²) in [6, 6.07) is 0. The second-order valence-electron chi connectivity index (χ2n) is 2.98. The van der Waals surface area contributed by atoms with Crippen molar-refractivity contribution >= 4 is 11.8 Å². The van der Waals surface area contributed by atoms with E-state index >= 15 is 0 Å². The highest BCUT2D eigenvalue weighted by Gasteiger charge is 2.31. The van der Waals surface area contributed by atoms with Crippen LogP contribution in [0.1, 0.15) is 12.8 Å². The average Bonchev–Trinajstić information content (AvgIpc) is 2.04. The third-order valence-electron chi connectivity index (χ3n) is 2.02. The fraction of sp³-hybridized carbons (Fsp3) is 0.750. The maximum atomic E-state index is 11.0. The molecule has 1 aliphatic heterocycles. The molecule has 0 saturated carbocycles. The van der Waals surface area contributed by atoms with Gasteiger partial charge in [0.1, 0.15) is 0 Å². The van der Waals surface area contributed by atoms with Gasteiger partial charge in [-0.05, 0) is 0 Å². The Kier molecular flexibility index (Phi) is 3.39. The molecule has 0 aromatic carbocycles. The van der Waals surface area contributed by atoms with E-state index in [1.54, 1.807) is 0 Å². The molecule has 0 radical (unpaired) electrons. The quantitative estimate of drug-likeness (QED) is 0.485. The summed E-state index contributed by atoms with van der Waals surface area (Å²) in [5, 5.41) is 2.22. The summed E-state index contributed by atoms with van der Waals surface area (Å²) in [6.07, 6.45) is 0.0749. The standard InChI is InChI=1S/C8H13NO4/c1-12-8(13-2)5-3-6(10)9-7(11)4-5/h5,8H,3-4H2,1-2H3,(H,9,10,11). The van der Waals surface area contributed by atoms with Gasteiger partial charge in [-0.25, -0.2) is 0 Å². The number of methoxy groups -OCH3 is 2. The molecule has 5 heteroatoms. The van der Waals surface area contributed by atoms with E-state index in [4.69, 9.17) is 9.47 Å². The predicted molar refractivity (Wildman–Crippen MR) is 43.7 cm³/mol. The Morgan fingerprint density at radius 3 is 2.08 bits per heavy atom. The summed E-state index contributed by atoms with van der Waals surface area (Å²) in [5.41, 5.74) is 0. The summed E-state index contributed by atoms with van der Waals surface area (Å²) in [7, 11) is 2.98. The molecule has 0 aromatic heterocycles. The van der Waals surface area contributed by atoms with Crippen molar-refractivity contribution in [2.24, 2.45) is 5.92 Å². The van der Waals surface area contributed by atoms with E-state index < -0.39 is 6.29 Å². The third kappa shape index (κ3) is 2.50. The zero-order valence-electron chi connectivity index (χ0n) is 7.70. The second kappa shape index (κ2) is 4.34. The lowest BCUT2D eigenvalue weighted by Gasteiger charge is -2.26. The van der Waals surface area contributed by atoms with Gasteiger partial charge in [-0.1, -0.05) is 0 Å². The molecule has 0 unspecified atom stereocenters. The smallest absolute Gasteiger partial charge is 0.227 e. The zero-order chi connectivity index (χ0) is 9.84. The first-order valence-corrected chi connectivity index (χ1v) is 4.05. The van der Waals surface area contributed by atoms with Crippen LogP contribution in [0.15, 0.2) is 0 Å². The van der Waals surface area contributed by atoms with Gasteiger partial charge in [0, 0.05) is 33.0 Å². The molecule has 1 heterocycles. The predicted octanol–water partition coefficient (Wildman–Crippen LogP) is -0.342. The van der Waals surface area contributed by atoms with Gasteiger partial charge in [-0.2, -0.15) is 0 Å². The number of hydrogen-bond acceptors (Lipinski definition) is 4. The van der Waals surface area contributed by atoms with Crippen LogP contribution in [0.25, 0.3) is 0 Å². The Balaban J connectivity index is 2.58. The molecule has 2 amide bonds. The molecular weight excluding hydrogens is 174 g/mol. The molecule has 13 heavy (non-hydrogen) atoms. The van der Waals surface area contributed by atoms with Crippen molar-refractivity contribution in [1.82, 2.24) is 5.32 Å². The van der Waals surface area contributed by atoms with Crippen LogP contribution >= 0.6 is 0 Å². The van der Waals surface area contributed by atoms with Crippen LogP contribution in [0, 0.1) is 5.92 Å². The van der Waals surface area contributed by atoms with E-state index in [9.17, 15) is 9.59 Å². The summed E-state index contributed by atoms with van der Waals surface area (Å²) >= 11 is 0. The van der Waals surface area contributed by atoms with Crippen LogP contribution in [0.4, 0.5) is 0 Å². The number of carbonyl (C=O) groups excluding carboxylic acids is 2. The van der Waals surface area contributed by atoms with Crippen LogP contribution in [0.5, 0.6) is 0 Å². The molecule has 0 spiro atoms. The number of nitrogens with one attached hydrogen (secondary N) is 1. The Labute approximate surface area is 76.4 Å². The highest BCUT2D eigenvalue weighted by Crippen LogP contribution is 2.20. The average molecular weight is 187 g/mol. The van der Waals surface area contributed by atoms with Crippen molar-refractivity contribution in [3.8, 4) is 0 Å². The summed E-state index contributed by atoms with van der Waals surface area (Å²) in [6.45, 7) is 0. The largest absolute Gasteiger partial charge is 0.356 e. The van der Waals surface area contributed by atoms with E-state index in [1.807, 2.05) is 0 Å². The Hall–Kier alpha value is -0.940. The van der Waals surface area contributed by atoms with Gasteiger partial charge in [0.05, 0.1) is 0 Å². The molecule has 0 aromatic rings. The lowest BCUT2D eigenvalue weighted by atomic mass is 9.96. The molecule has 74 valence electrons. The maximum absolute atomic E-state index is 11.0. The van der Waals surface area contributed by atoms with Crippen LogP contribution in [-0.4, -0.2) is 32.3 Å². The number of imide groups is 1. The number of hydrogen-bond donors (Lipinski definition) is 1. The number of piperidine rings is 1. The van der Waals surface area contributed by atoms with Gasteiger partial charge in [0.25, 0.3) is 0 Å². The summed E-state index contributed by atoms with van der Waals surface area (Å²) in [4.78, 5) is 22.0. The first kappa shape index (κ1) is 10.1. The highest BCUT2D eigenvalue weighted by atomic mass is 16.7. The Morgan fingerprint density at radius 1 is 1.23 bits per heavy atom. The Morgan fingerprint density at radius 2 is 1.69 bits per heavy atom. The van der Waals surface area contributed by atoms with Crippen LogP contribution in [0.3, 0.4) is 0 Å². The van der Waals surface area contributed by atoms with E-state index in [-0.39, 0.29) is 30.6 Å². The minimum atomic E-state index is -0.477. The number of amides is 2. The first-order valence-electron chi connectivity index (χ1n) is 4.05. The summed E-state index contributed by atoms with van der Waals surface area (Å²) in [5.74, 6) is -0.697. The molecule has 0 bridgehead atoms. The van der Waals surface area contributed by atoms with Crippen molar-refractivity contribution < 1.29 is 19.1 Å². The van der Waals surface area contributed by atoms with Gasteiger partial charge >= 0.3 is 0 Å². The molecule has 0 aliphatic carbocycles. The Bertz CT molecular complexity index is 196. The fourth-order valence-corrected chi connectivity index (χ4v) is 1.48. The molecule has 1 saturated heterocycles. The van der Waals surface area contributed by atoms with Crippen LogP contribution in [0.2, 0.25) is 0 Å². The van der Waals surface area contributed by atoms with Gasteiger partial charge < -0.3 is 9.47 Å².